The summed E-state index contributed by atoms with van der Waals surface area (Å²) in [4.78, 5) is 44.5. The lowest BCUT2D eigenvalue weighted by atomic mass is 10.0. The van der Waals surface area contributed by atoms with Gasteiger partial charge in [-0.15, -0.1) is 11.3 Å². The Balaban J connectivity index is 1.51. The van der Waals surface area contributed by atoms with Gasteiger partial charge < -0.3 is 14.8 Å². The number of aromatic nitrogens is 2. The van der Waals surface area contributed by atoms with Crippen molar-refractivity contribution in [2.45, 2.75) is 46.6 Å². The fourth-order valence-corrected chi connectivity index (χ4v) is 5.27. The van der Waals surface area contributed by atoms with Crippen molar-refractivity contribution < 1.29 is 19.1 Å². The van der Waals surface area contributed by atoms with Crippen LogP contribution in [0.4, 0.5) is 5.69 Å². The molecule has 9 heteroatoms. The maximum atomic E-state index is 13.4. The fourth-order valence-electron chi connectivity index (χ4n) is 4.24. The maximum absolute atomic E-state index is 13.4. The molecular formula is C29H31N3O5S. The normalized spacial score (nSPS) is 11.8. The molecule has 2 aromatic carbocycles. The van der Waals surface area contributed by atoms with Crippen molar-refractivity contribution >= 4 is 39.1 Å². The topological polar surface area (TPSA) is 99.5 Å². The first-order chi connectivity index (χ1) is 18.3. The number of aryl methyl sites for hydroxylation is 3. The van der Waals surface area contributed by atoms with Crippen molar-refractivity contribution in [3.8, 4) is 5.75 Å². The summed E-state index contributed by atoms with van der Waals surface area (Å²) < 4.78 is 12.2. The zero-order valence-corrected chi connectivity index (χ0v) is 22.8. The quantitative estimate of drug-likeness (QED) is 0.219. The van der Waals surface area contributed by atoms with Crippen LogP contribution in [0, 0.1) is 6.92 Å². The highest BCUT2D eigenvalue weighted by Gasteiger charge is 2.24. The number of anilines is 1. The summed E-state index contributed by atoms with van der Waals surface area (Å²) >= 11 is 1.10. The number of nitrogens with one attached hydrogen (secondary N) is 1. The molecule has 0 saturated carbocycles. The van der Waals surface area contributed by atoms with E-state index >= 15 is 0 Å². The number of hydrogen-bond donors (Lipinski definition) is 1. The first-order valence-electron chi connectivity index (χ1n) is 12.6. The summed E-state index contributed by atoms with van der Waals surface area (Å²) in [7, 11) is 0. The second-order valence-corrected chi connectivity index (χ2v) is 9.81. The number of hydrogen-bond acceptors (Lipinski definition) is 7. The lowest BCUT2D eigenvalue weighted by Gasteiger charge is -2.18. The van der Waals surface area contributed by atoms with Crippen LogP contribution in [0.15, 0.2) is 59.7 Å². The number of benzene rings is 2. The zero-order valence-electron chi connectivity index (χ0n) is 21.9. The highest BCUT2D eigenvalue weighted by molar-refractivity contribution is 7.20. The lowest BCUT2D eigenvalue weighted by molar-refractivity contribution is -0.118. The average Bonchev–Trinajstić information content (AvgIpc) is 3.28. The van der Waals surface area contributed by atoms with Crippen molar-refractivity contribution in [2.75, 3.05) is 18.5 Å². The number of carbonyl (C=O) groups excluding carboxylic acids is 2. The van der Waals surface area contributed by atoms with Gasteiger partial charge in [0.05, 0.1) is 11.7 Å². The van der Waals surface area contributed by atoms with Crippen LogP contribution in [0.1, 0.15) is 53.2 Å². The number of thiophene rings is 1. The predicted molar refractivity (Wildman–Crippen MR) is 149 cm³/mol. The van der Waals surface area contributed by atoms with Gasteiger partial charge in [0.15, 0.2) is 0 Å². The lowest BCUT2D eigenvalue weighted by Crippen LogP contribution is -2.32. The van der Waals surface area contributed by atoms with Gasteiger partial charge in [-0.05, 0) is 55.5 Å². The molecule has 0 aliphatic heterocycles. The van der Waals surface area contributed by atoms with E-state index in [0.29, 0.717) is 26.4 Å². The standard InChI is InChI=1S/C29H31N3O5S/c1-5-20-11-10-12-21(6-2)24(20)31-26(33)19(4)32-17-30-27-23(28(32)34)18(3)25(38-27)29(35)37-16-15-36-22-13-8-7-9-14-22/h7-14,17,19H,5-6,15-16H2,1-4H3,(H,31,33). The minimum absolute atomic E-state index is 0.0647. The van der Waals surface area contributed by atoms with E-state index in [9.17, 15) is 14.4 Å². The number of amides is 1. The molecule has 0 fully saturated rings. The summed E-state index contributed by atoms with van der Waals surface area (Å²) in [5.41, 5.74) is 2.98. The highest BCUT2D eigenvalue weighted by atomic mass is 32.1. The molecular weight excluding hydrogens is 502 g/mol. The average molecular weight is 534 g/mol. The Kier molecular flexibility index (Phi) is 8.58. The van der Waals surface area contributed by atoms with Crippen LogP contribution in [-0.4, -0.2) is 34.6 Å². The third-order valence-corrected chi connectivity index (χ3v) is 7.61. The van der Waals surface area contributed by atoms with Gasteiger partial charge in [0.2, 0.25) is 5.91 Å². The first kappa shape index (κ1) is 27.1. The Hall–Kier alpha value is -3.98. The van der Waals surface area contributed by atoms with E-state index < -0.39 is 12.0 Å². The minimum atomic E-state index is -0.807. The number of para-hydroxylation sites is 2. The largest absolute Gasteiger partial charge is 0.490 e. The Morgan fingerprint density at radius 2 is 1.71 bits per heavy atom. The molecule has 1 unspecified atom stereocenters. The van der Waals surface area contributed by atoms with Crippen molar-refractivity contribution in [1.82, 2.24) is 9.55 Å². The smallest absolute Gasteiger partial charge is 0.348 e. The molecule has 4 aromatic rings. The van der Waals surface area contributed by atoms with Gasteiger partial charge in [-0.25, -0.2) is 9.78 Å². The molecule has 4 rings (SSSR count). The van der Waals surface area contributed by atoms with Crippen molar-refractivity contribution in [2.24, 2.45) is 0 Å². The summed E-state index contributed by atoms with van der Waals surface area (Å²) in [5, 5.41) is 3.34. The van der Waals surface area contributed by atoms with E-state index in [1.54, 1.807) is 13.8 Å². The summed E-state index contributed by atoms with van der Waals surface area (Å²) in [6.45, 7) is 7.70. The molecule has 1 atom stereocenters. The summed E-state index contributed by atoms with van der Waals surface area (Å²) in [6, 6.07) is 14.4. The van der Waals surface area contributed by atoms with E-state index in [1.807, 2.05) is 62.4 Å². The van der Waals surface area contributed by atoms with E-state index in [0.717, 1.165) is 41.0 Å². The monoisotopic (exact) mass is 533 g/mol. The Morgan fingerprint density at radius 3 is 2.37 bits per heavy atom. The number of esters is 1. The molecule has 0 radical (unpaired) electrons. The second kappa shape index (κ2) is 12.0. The van der Waals surface area contributed by atoms with Crippen LogP contribution in [0.25, 0.3) is 10.2 Å². The molecule has 2 heterocycles. The molecule has 0 bridgehead atoms. The molecule has 8 nitrogen and oxygen atoms in total. The third kappa shape index (κ3) is 5.62. The third-order valence-electron chi connectivity index (χ3n) is 6.43. The fraction of sp³-hybridized carbons (Fsp3) is 0.310. The highest BCUT2D eigenvalue weighted by Crippen LogP contribution is 2.28. The van der Waals surface area contributed by atoms with E-state index in [1.165, 1.54) is 10.9 Å². The van der Waals surface area contributed by atoms with E-state index in [2.05, 4.69) is 10.3 Å². The van der Waals surface area contributed by atoms with Crippen LogP contribution in [0.5, 0.6) is 5.75 Å². The number of rotatable bonds is 10. The van der Waals surface area contributed by atoms with Crippen LogP contribution in [-0.2, 0) is 22.4 Å². The molecule has 2 aromatic heterocycles. The van der Waals surface area contributed by atoms with Gasteiger partial charge in [0.25, 0.3) is 5.56 Å². The zero-order chi connectivity index (χ0) is 27.2. The molecule has 198 valence electrons. The number of nitrogens with zero attached hydrogens (tertiary/aromatic N) is 2. The Labute approximate surface area is 225 Å². The molecule has 1 N–H and O–H groups in total. The van der Waals surface area contributed by atoms with Crippen LogP contribution in [0.2, 0.25) is 0 Å². The second-order valence-electron chi connectivity index (χ2n) is 8.81. The van der Waals surface area contributed by atoms with E-state index in [4.69, 9.17) is 9.47 Å². The first-order valence-corrected chi connectivity index (χ1v) is 13.4. The van der Waals surface area contributed by atoms with Crippen molar-refractivity contribution in [3.05, 3.63) is 86.8 Å². The van der Waals surface area contributed by atoms with Crippen molar-refractivity contribution in [1.29, 1.82) is 0 Å². The molecule has 38 heavy (non-hydrogen) atoms. The molecule has 0 aliphatic carbocycles. The van der Waals surface area contributed by atoms with Gasteiger partial charge in [-0.2, -0.15) is 0 Å². The Morgan fingerprint density at radius 1 is 1.03 bits per heavy atom. The van der Waals surface area contributed by atoms with Gasteiger partial charge in [0.1, 0.15) is 34.7 Å². The molecule has 1 amide bonds. The van der Waals surface area contributed by atoms with Gasteiger partial charge in [-0.3, -0.25) is 14.2 Å². The number of ether oxygens (including phenoxy) is 2. The molecule has 0 spiro atoms. The Bertz CT molecular complexity index is 1490. The summed E-state index contributed by atoms with van der Waals surface area (Å²) in [5.74, 6) is -0.162. The van der Waals surface area contributed by atoms with Crippen molar-refractivity contribution in [3.63, 3.8) is 0 Å². The maximum Gasteiger partial charge on any atom is 0.348 e. The molecule has 0 aliphatic rings. The minimum Gasteiger partial charge on any atom is -0.490 e. The van der Waals surface area contributed by atoms with Gasteiger partial charge in [0, 0.05) is 5.69 Å². The van der Waals surface area contributed by atoms with Crippen LogP contribution in [0.3, 0.4) is 0 Å². The van der Waals surface area contributed by atoms with Gasteiger partial charge in [-0.1, -0.05) is 50.2 Å². The van der Waals surface area contributed by atoms with E-state index in [-0.39, 0.29) is 24.7 Å². The van der Waals surface area contributed by atoms with Crippen LogP contribution >= 0.6 is 11.3 Å². The molecule has 0 saturated heterocycles. The van der Waals surface area contributed by atoms with Gasteiger partial charge >= 0.3 is 5.97 Å². The predicted octanol–water partition coefficient (Wildman–Crippen LogP) is 5.33. The SMILES string of the molecule is CCc1cccc(CC)c1NC(=O)C(C)n1cnc2sc(C(=O)OCCOc3ccccc3)c(C)c2c1=O. The summed E-state index contributed by atoms with van der Waals surface area (Å²) in [6.07, 6.45) is 2.91. The number of carbonyl (C=O) groups is 2. The van der Waals surface area contributed by atoms with Crippen LogP contribution < -0.4 is 15.6 Å². The number of fused-ring (bicyclic) bond motifs is 1.